The van der Waals surface area contributed by atoms with Crippen molar-refractivity contribution in [2.45, 2.75) is 45.8 Å². The Morgan fingerprint density at radius 2 is 1.94 bits per heavy atom. The molecule has 1 fully saturated rings. The normalized spacial score (nSPS) is 26.8. The fourth-order valence-electron chi connectivity index (χ4n) is 2.59. The Morgan fingerprint density at radius 1 is 1.28 bits per heavy atom. The molecule has 1 heterocycles. The smallest absolute Gasteiger partial charge is 0.312 e. The van der Waals surface area contributed by atoms with E-state index in [2.05, 4.69) is 24.1 Å². The van der Waals surface area contributed by atoms with Crippen LogP contribution in [0.15, 0.2) is 0 Å². The Morgan fingerprint density at radius 3 is 2.44 bits per heavy atom. The third kappa shape index (κ3) is 6.05. The minimum atomic E-state index is -4.04. The van der Waals surface area contributed by atoms with E-state index in [0.717, 1.165) is 19.6 Å². The van der Waals surface area contributed by atoms with Crippen molar-refractivity contribution in [3.05, 3.63) is 0 Å². The molecular weight excluding hydrogens is 241 g/mol. The molecule has 1 saturated heterocycles. The number of piperidine rings is 1. The van der Waals surface area contributed by atoms with Crippen LogP contribution in [0.3, 0.4) is 0 Å². The highest BCUT2D eigenvalue weighted by Crippen LogP contribution is 2.30. The lowest BCUT2D eigenvalue weighted by atomic mass is 9.91. The van der Waals surface area contributed by atoms with Crippen LogP contribution in [0, 0.1) is 11.8 Å². The third-order valence-corrected chi connectivity index (χ3v) is 3.39. The number of rotatable bonds is 5. The summed E-state index contributed by atoms with van der Waals surface area (Å²) >= 11 is 0. The van der Waals surface area contributed by atoms with Gasteiger partial charge in [0.05, 0.1) is 0 Å². The highest BCUT2D eigenvalue weighted by molar-refractivity contribution is 4.84. The molecule has 1 rings (SSSR count). The lowest BCUT2D eigenvalue weighted by Gasteiger charge is -2.38. The lowest BCUT2D eigenvalue weighted by Crippen LogP contribution is -2.50. The lowest BCUT2D eigenvalue weighted by molar-refractivity contribution is -0.148. The molecule has 1 N–H and O–H groups in total. The van der Waals surface area contributed by atoms with Gasteiger partial charge in [0.25, 0.3) is 0 Å². The van der Waals surface area contributed by atoms with Crippen LogP contribution in [0.4, 0.5) is 13.2 Å². The third-order valence-electron chi connectivity index (χ3n) is 3.39. The van der Waals surface area contributed by atoms with Gasteiger partial charge in [-0.15, -0.1) is 0 Å². The maximum absolute atomic E-state index is 12.5. The molecule has 2 unspecified atom stereocenters. The van der Waals surface area contributed by atoms with Gasteiger partial charge in [-0.2, -0.15) is 13.2 Å². The summed E-state index contributed by atoms with van der Waals surface area (Å²) in [4.78, 5) is 2.12. The molecule has 2 atom stereocenters. The van der Waals surface area contributed by atoms with Crippen molar-refractivity contribution in [3.63, 3.8) is 0 Å². The first-order valence-electron chi connectivity index (χ1n) is 6.82. The minimum Gasteiger partial charge on any atom is -0.312 e. The summed E-state index contributed by atoms with van der Waals surface area (Å²) in [6.45, 7) is 9.39. The van der Waals surface area contributed by atoms with Gasteiger partial charge < -0.3 is 10.2 Å². The molecule has 1 aliphatic heterocycles. The Bertz CT molecular complexity index is 241. The number of nitrogens with zero attached hydrogens (tertiary/aromatic N) is 1. The summed E-state index contributed by atoms with van der Waals surface area (Å²) in [6, 6.07) is 0.202. The molecule has 0 aromatic carbocycles. The van der Waals surface area contributed by atoms with Crippen LogP contribution in [0.2, 0.25) is 0 Å². The zero-order valence-corrected chi connectivity index (χ0v) is 11.6. The van der Waals surface area contributed by atoms with Gasteiger partial charge in [-0.25, -0.2) is 0 Å². The van der Waals surface area contributed by atoms with Gasteiger partial charge >= 0.3 is 6.18 Å². The Balaban J connectivity index is 2.49. The average Bonchev–Trinajstić information content (AvgIpc) is 2.23. The van der Waals surface area contributed by atoms with E-state index in [9.17, 15) is 13.2 Å². The molecule has 0 amide bonds. The van der Waals surface area contributed by atoms with Crippen LogP contribution in [-0.2, 0) is 0 Å². The van der Waals surface area contributed by atoms with Gasteiger partial charge in [0.2, 0.25) is 0 Å². The molecule has 5 heteroatoms. The molecule has 0 spiro atoms. The Hall–Kier alpha value is -0.290. The minimum absolute atomic E-state index is 0.202. The molecule has 0 aliphatic carbocycles. The van der Waals surface area contributed by atoms with Crippen LogP contribution in [0.25, 0.3) is 0 Å². The average molecular weight is 266 g/mol. The van der Waals surface area contributed by atoms with E-state index >= 15 is 0 Å². The second-order valence-electron chi connectivity index (χ2n) is 5.77. The maximum Gasteiger partial charge on any atom is 0.389 e. The molecular formula is C13H25F3N2. The predicted octanol–water partition coefficient (Wildman–Crippen LogP) is 2.89. The van der Waals surface area contributed by atoms with Crippen molar-refractivity contribution in [1.82, 2.24) is 10.2 Å². The molecule has 1 aliphatic rings. The van der Waals surface area contributed by atoms with E-state index < -0.39 is 12.6 Å². The zero-order valence-electron chi connectivity index (χ0n) is 11.6. The fourth-order valence-corrected chi connectivity index (χ4v) is 2.59. The molecule has 0 aromatic rings. The van der Waals surface area contributed by atoms with Gasteiger partial charge in [0, 0.05) is 25.6 Å². The first kappa shape index (κ1) is 15.8. The van der Waals surface area contributed by atoms with Gasteiger partial charge in [-0.05, 0) is 31.3 Å². The zero-order chi connectivity index (χ0) is 13.8. The van der Waals surface area contributed by atoms with Crippen molar-refractivity contribution in [2.24, 2.45) is 11.8 Å². The first-order chi connectivity index (χ1) is 8.30. The summed E-state index contributed by atoms with van der Waals surface area (Å²) in [5.41, 5.74) is 0. The van der Waals surface area contributed by atoms with Crippen LogP contribution >= 0.6 is 0 Å². The highest BCUT2D eigenvalue weighted by Gasteiger charge is 2.36. The van der Waals surface area contributed by atoms with E-state index in [1.165, 1.54) is 0 Å². The summed E-state index contributed by atoms with van der Waals surface area (Å²) < 4.78 is 37.4. The van der Waals surface area contributed by atoms with E-state index in [1.807, 2.05) is 6.92 Å². The highest BCUT2D eigenvalue weighted by atomic mass is 19.4. The number of nitrogens with one attached hydrogen (secondary N) is 1. The van der Waals surface area contributed by atoms with Crippen molar-refractivity contribution in [3.8, 4) is 0 Å². The molecule has 2 nitrogen and oxygen atoms in total. The first-order valence-corrected chi connectivity index (χ1v) is 6.82. The molecule has 0 saturated carbocycles. The summed E-state index contributed by atoms with van der Waals surface area (Å²) in [7, 11) is 0. The number of hydrogen-bond acceptors (Lipinski definition) is 2. The standard InChI is InChI=1S/C13H25F3N2/c1-4-18-8-11(6-13(14,15)16)5-12(9-18)17-7-10(2)3/h10-12,17H,4-9H2,1-3H3. The number of likely N-dealkylation sites (N-methyl/N-ethyl adjacent to an activating group) is 1. The van der Waals surface area contributed by atoms with E-state index in [-0.39, 0.29) is 12.0 Å². The summed E-state index contributed by atoms with van der Waals surface area (Å²) in [5, 5.41) is 3.39. The SMILES string of the molecule is CCN1CC(CC(F)(F)F)CC(NCC(C)C)C1. The van der Waals surface area contributed by atoms with Crippen LogP contribution in [0.5, 0.6) is 0 Å². The predicted molar refractivity (Wildman–Crippen MR) is 67.5 cm³/mol. The molecule has 0 radical (unpaired) electrons. The topological polar surface area (TPSA) is 15.3 Å². The molecule has 0 aromatic heterocycles. The largest absolute Gasteiger partial charge is 0.389 e. The second kappa shape index (κ2) is 6.75. The van der Waals surface area contributed by atoms with Gasteiger partial charge in [0.15, 0.2) is 0 Å². The van der Waals surface area contributed by atoms with Crippen LogP contribution < -0.4 is 5.32 Å². The van der Waals surface area contributed by atoms with E-state index in [0.29, 0.717) is 18.9 Å². The quantitative estimate of drug-likeness (QED) is 0.823. The number of hydrogen-bond donors (Lipinski definition) is 1. The van der Waals surface area contributed by atoms with Crippen molar-refractivity contribution in [2.75, 3.05) is 26.2 Å². The van der Waals surface area contributed by atoms with Gasteiger partial charge in [-0.3, -0.25) is 0 Å². The van der Waals surface area contributed by atoms with Gasteiger partial charge in [0.1, 0.15) is 0 Å². The maximum atomic E-state index is 12.5. The Kier molecular flexibility index (Phi) is 5.92. The summed E-state index contributed by atoms with van der Waals surface area (Å²) in [5.74, 6) is 0.270. The van der Waals surface area contributed by atoms with Gasteiger partial charge in [-0.1, -0.05) is 20.8 Å². The Labute approximate surface area is 108 Å². The van der Waals surface area contributed by atoms with Crippen LogP contribution in [-0.4, -0.2) is 43.3 Å². The molecule has 108 valence electrons. The van der Waals surface area contributed by atoms with Crippen molar-refractivity contribution in [1.29, 1.82) is 0 Å². The van der Waals surface area contributed by atoms with Crippen LogP contribution in [0.1, 0.15) is 33.6 Å². The van der Waals surface area contributed by atoms with Crippen molar-refractivity contribution < 1.29 is 13.2 Å². The number of halogens is 3. The second-order valence-corrected chi connectivity index (χ2v) is 5.77. The molecule has 18 heavy (non-hydrogen) atoms. The fraction of sp³-hybridized carbons (Fsp3) is 1.00. The van der Waals surface area contributed by atoms with E-state index in [4.69, 9.17) is 0 Å². The summed E-state index contributed by atoms with van der Waals surface area (Å²) in [6.07, 6.45) is -4.05. The number of likely N-dealkylation sites (tertiary alicyclic amines) is 1. The number of alkyl halides is 3. The molecule has 0 bridgehead atoms. The van der Waals surface area contributed by atoms with E-state index in [1.54, 1.807) is 0 Å². The monoisotopic (exact) mass is 266 g/mol. The van der Waals surface area contributed by atoms with Crippen molar-refractivity contribution >= 4 is 0 Å².